The van der Waals surface area contributed by atoms with Crippen molar-refractivity contribution in [2.75, 3.05) is 24.0 Å². The molecule has 0 saturated carbocycles. The number of sulfonamides is 1. The number of para-hydroxylation sites is 2. The highest BCUT2D eigenvalue weighted by atomic mass is 35.5. The number of nitrogens with one attached hydrogen (secondary N) is 1. The van der Waals surface area contributed by atoms with Crippen molar-refractivity contribution in [3.63, 3.8) is 0 Å². The van der Waals surface area contributed by atoms with Crippen molar-refractivity contribution in [3.05, 3.63) is 125 Å². The zero-order valence-electron chi connectivity index (χ0n) is 27.1. The van der Waals surface area contributed by atoms with Crippen molar-refractivity contribution in [3.8, 4) is 5.75 Å². The van der Waals surface area contributed by atoms with Crippen molar-refractivity contribution in [1.29, 1.82) is 0 Å². The molecule has 0 radical (unpaired) electrons. The Labute approximate surface area is 283 Å². The molecule has 0 unspecified atom stereocenters. The summed E-state index contributed by atoms with van der Waals surface area (Å²) in [6.45, 7) is 5.91. The molecular formula is C37H42ClN3O5S. The van der Waals surface area contributed by atoms with E-state index in [0.29, 0.717) is 29.5 Å². The smallest absolute Gasteiger partial charge is 0.264 e. The predicted molar refractivity (Wildman–Crippen MR) is 187 cm³/mol. The summed E-state index contributed by atoms with van der Waals surface area (Å²) in [4.78, 5) is 30.0. The number of carbonyl (C=O) groups is 2. The van der Waals surface area contributed by atoms with Gasteiger partial charge in [-0.3, -0.25) is 13.9 Å². The van der Waals surface area contributed by atoms with Crippen LogP contribution in [-0.2, 0) is 32.6 Å². The van der Waals surface area contributed by atoms with Gasteiger partial charge < -0.3 is 15.0 Å². The van der Waals surface area contributed by atoms with Crippen LogP contribution in [0.4, 0.5) is 5.69 Å². The van der Waals surface area contributed by atoms with Gasteiger partial charge >= 0.3 is 0 Å². The second-order valence-electron chi connectivity index (χ2n) is 11.2. The minimum absolute atomic E-state index is 0.0294. The molecule has 0 saturated heterocycles. The molecule has 0 aliphatic heterocycles. The van der Waals surface area contributed by atoms with Crippen LogP contribution in [0, 0.1) is 6.92 Å². The SMILES string of the molecule is CCCCNC(=O)[C@H](Cc1ccccc1)N(Cc1cccc(Cl)c1)C(=O)CN(c1ccccc1OCC)S(=O)(=O)c1ccc(C)cc1. The summed E-state index contributed by atoms with van der Waals surface area (Å²) < 4.78 is 35.6. The third-order valence-corrected chi connectivity index (χ3v) is 9.67. The first-order chi connectivity index (χ1) is 22.6. The topological polar surface area (TPSA) is 96.0 Å². The minimum atomic E-state index is -4.26. The Balaban J connectivity index is 1.83. The fourth-order valence-corrected chi connectivity index (χ4v) is 6.82. The Bertz CT molecular complexity index is 1730. The zero-order valence-corrected chi connectivity index (χ0v) is 28.6. The first kappa shape index (κ1) is 35.5. The van der Waals surface area contributed by atoms with Crippen LogP contribution in [0.2, 0.25) is 5.02 Å². The molecule has 0 aromatic heterocycles. The summed E-state index contributed by atoms with van der Waals surface area (Å²) in [6.07, 6.45) is 1.90. The molecule has 8 nitrogen and oxygen atoms in total. The average Bonchev–Trinajstić information content (AvgIpc) is 3.06. The number of unbranched alkanes of at least 4 members (excludes halogenated alkanes) is 1. The molecule has 0 spiro atoms. The van der Waals surface area contributed by atoms with Crippen LogP contribution in [0.1, 0.15) is 43.4 Å². The molecule has 4 aromatic rings. The van der Waals surface area contributed by atoms with Gasteiger partial charge in [0.1, 0.15) is 18.3 Å². The van der Waals surface area contributed by atoms with Gasteiger partial charge in [-0.1, -0.05) is 97.2 Å². The van der Waals surface area contributed by atoms with Crippen molar-refractivity contribution in [2.45, 2.75) is 57.5 Å². The van der Waals surface area contributed by atoms with Crippen LogP contribution in [0.15, 0.2) is 108 Å². The van der Waals surface area contributed by atoms with Gasteiger partial charge in [-0.25, -0.2) is 8.42 Å². The number of ether oxygens (including phenoxy) is 1. The van der Waals surface area contributed by atoms with Gasteiger partial charge in [-0.05, 0) is 67.8 Å². The maximum atomic E-state index is 14.6. The highest BCUT2D eigenvalue weighted by molar-refractivity contribution is 7.92. The molecule has 4 aromatic carbocycles. The Morgan fingerprint density at radius 3 is 2.23 bits per heavy atom. The van der Waals surface area contributed by atoms with Crippen LogP contribution in [0.5, 0.6) is 5.75 Å². The molecule has 0 aliphatic carbocycles. The maximum Gasteiger partial charge on any atom is 0.264 e. The zero-order chi connectivity index (χ0) is 33.8. The number of benzene rings is 4. The molecule has 0 heterocycles. The Kier molecular flexibility index (Phi) is 12.8. The number of carbonyl (C=O) groups excluding carboxylic acids is 2. The normalized spacial score (nSPS) is 11.8. The first-order valence-corrected chi connectivity index (χ1v) is 17.6. The highest BCUT2D eigenvalue weighted by Gasteiger charge is 2.35. The van der Waals surface area contributed by atoms with Crippen LogP contribution in [0.25, 0.3) is 0 Å². The molecular weight excluding hydrogens is 634 g/mol. The lowest BCUT2D eigenvalue weighted by atomic mass is 10.0. The largest absolute Gasteiger partial charge is 0.492 e. The van der Waals surface area contributed by atoms with Gasteiger partial charge in [0, 0.05) is 24.5 Å². The molecule has 1 N–H and O–H groups in total. The van der Waals surface area contributed by atoms with Gasteiger partial charge in [0.2, 0.25) is 11.8 Å². The van der Waals surface area contributed by atoms with E-state index >= 15 is 0 Å². The van der Waals surface area contributed by atoms with Gasteiger partial charge in [-0.2, -0.15) is 0 Å². The van der Waals surface area contributed by atoms with E-state index in [1.54, 1.807) is 61.5 Å². The van der Waals surface area contributed by atoms with Crippen molar-refractivity contribution in [2.24, 2.45) is 0 Å². The molecule has 10 heteroatoms. The van der Waals surface area contributed by atoms with Gasteiger partial charge in [-0.15, -0.1) is 0 Å². The van der Waals surface area contributed by atoms with Gasteiger partial charge in [0.25, 0.3) is 10.0 Å². The Morgan fingerprint density at radius 1 is 0.872 bits per heavy atom. The maximum absolute atomic E-state index is 14.6. The summed E-state index contributed by atoms with van der Waals surface area (Å²) in [5.74, 6) is -0.558. The molecule has 47 heavy (non-hydrogen) atoms. The van der Waals surface area contributed by atoms with E-state index in [0.717, 1.165) is 28.3 Å². The average molecular weight is 676 g/mol. The number of hydrogen-bond acceptors (Lipinski definition) is 5. The standard InChI is InChI=1S/C37H42ClN3O5S/c1-4-6-23-39-37(43)34(25-29-13-8-7-9-14-29)40(26-30-15-12-16-31(38)24-30)36(42)27-41(33-17-10-11-18-35(33)46-5-2)47(44,45)32-21-19-28(3)20-22-32/h7-22,24,34H,4-6,23,25-27H2,1-3H3,(H,39,43)/t34-/m0/s1. The molecule has 0 fully saturated rings. The van der Waals surface area contributed by atoms with E-state index in [9.17, 15) is 18.0 Å². The lowest BCUT2D eigenvalue weighted by Gasteiger charge is -2.34. The predicted octanol–water partition coefficient (Wildman–Crippen LogP) is 6.80. The number of hydrogen-bond donors (Lipinski definition) is 1. The lowest BCUT2D eigenvalue weighted by molar-refractivity contribution is -0.140. The monoisotopic (exact) mass is 675 g/mol. The highest BCUT2D eigenvalue weighted by Crippen LogP contribution is 2.33. The number of rotatable bonds is 16. The van der Waals surface area contributed by atoms with Crippen LogP contribution in [0.3, 0.4) is 0 Å². The van der Waals surface area contributed by atoms with Gasteiger partial charge in [0.15, 0.2) is 0 Å². The van der Waals surface area contributed by atoms with E-state index in [2.05, 4.69) is 5.32 Å². The molecule has 1 atom stereocenters. The van der Waals surface area contributed by atoms with Crippen LogP contribution in [-0.4, -0.2) is 50.9 Å². The summed E-state index contributed by atoms with van der Waals surface area (Å²) in [5.41, 5.74) is 2.68. The first-order valence-electron chi connectivity index (χ1n) is 15.8. The molecule has 2 amide bonds. The van der Waals surface area contributed by atoms with Crippen LogP contribution >= 0.6 is 11.6 Å². The summed E-state index contributed by atoms with van der Waals surface area (Å²) in [7, 11) is -4.26. The number of anilines is 1. The van der Waals surface area contributed by atoms with Gasteiger partial charge in [0.05, 0.1) is 17.2 Å². The van der Waals surface area contributed by atoms with Crippen LogP contribution < -0.4 is 14.4 Å². The van der Waals surface area contributed by atoms with E-state index in [1.807, 2.05) is 50.2 Å². The molecule has 248 valence electrons. The number of halogens is 1. The molecule has 0 aliphatic rings. The molecule has 4 rings (SSSR count). The van der Waals surface area contributed by atoms with E-state index < -0.39 is 28.5 Å². The fraction of sp³-hybridized carbons (Fsp3) is 0.297. The third-order valence-electron chi connectivity index (χ3n) is 7.66. The minimum Gasteiger partial charge on any atom is -0.492 e. The third kappa shape index (κ3) is 9.59. The van der Waals surface area contributed by atoms with E-state index in [-0.39, 0.29) is 29.5 Å². The van der Waals surface area contributed by atoms with E-state index in [1.165, 1.54) is 17.0 Å². The second kappa shape index (κ2) is 17.0. The summed E-state index contributed by atoms with van der Waals surface area (Å²) in [5, 5.41) is 3.48. The molecule has 0 bridgehead atoms. The summed E-state index contributed by atoms with van der Waals surface area (Å²) in [6, 6.07) is 28.8. The number of nitrogens with zero attached hydrogens (tertiary/aromatic N) is 2. The lowest BCUT2D eigenvalue weighted by Crippen LogP contribution is -2.53. The summed E-state index contributed by atoms with van der Waals surface area (Å²) >= 11 is 6.33. The Morgan fingerprint density at radius 2 is 1.55 bits per heavy atom. The van der Waals surface area contributed by atoms with Crippen molar-refractivity contribution in [1.82, 2.24) is 10.2 Å². The van der Waals surface area contributed by atoms with Crippen molar-refractivity contribution >= 4 is 39.1 Å². The quantitative estimate of drug-likeness (QED) is 0.132. The van der Waals surface area contributed by atoms with Crippen molar-refractivity contribution < 1.29 is 22.7 Å². The Hall–Kier alpha value is -4.34. The fourth-order valence-electron chi connectivity index (χ4n) is 5.18. The number of aryl methyl sites for hydroxylation is 1. The second-order valence-corrected chi connectivity index (χ2v) is 13.5. The number of amides is 2. The van der Waals surface area contributed by atoms with E-state index in [4.69, 9.17) is 16.3 Å².